The average molecular weight is 517 g/mol. The van der Waals surface area contributed by atoms with Crippen LogP contribution >= 0.6 is 0 Å². The number of ether oxygens (including phenoxy) is 1. The first-order chi connectivity index (χ1) is 16.2. The van der Waals surface area contributed by atoms with Crippen molar-refractivity contribution in [2.75, 3.05) is 6.61 Å². The summed E-state index contributed by atoms with van der Waals surface area (Å²) in [5.74, 6) is 0. The maximum atomic E-state index is 12.8. The zero-order valence-corrected chi connectivity index (χ0v) is 24.1. The molecule has 1 atom stereocenters. The molecule has 0 unspecified atom stereocenters. The van der Waals surface area contributed by atoms with Crippen molar-refractivity contribution in [3.8, 4) is 0 Å². The molecule has 0 aliphatic rings. The topological polar surface area (TPSA) is 77.0 Å². The molecule has 2 aromatic rings. The van der Waals surface area contributed by atoms with Crippen molar-refractivity contribution in [3.63, 3.8) is 0 Å². The third-order valence-electron chi connectivity index (χ3n) is 6.25. The first kappa shape index (κ1) is 29.0. The number of hydrogen-bond donors (Lipinski definition) is 1. The smallest absolute Gasteiger partial charge is 0.276 e. The molecule has 0 spiro atoms. The third-order valence-corrected chi connectivity index (χ3v) is 11.9. The van der Waals surface area contributed by atoms with E-state index in [4.69, 9.17) is 9.16 Å². The summed E-state index contributed by atoms with van der Waals surface area (Å²) in [7, 11) is -5.74. The lowest BCUT2D eigenvalue weighted by Gasteiger charge is -2.36. The van der Waals surface area contributed by atoms with E-state index in [1.807, 2.05) is 57.2 Å². The normalized spacial score (nSPS) is 14.6. The second kappa shape index (κ2) is 12.1. The lowest BCUT2D eigenvalue weighted by Crippen LogP contribution is -2.41. The highest BCUT2D eigenvalue weighted by molar-refractivity contribution is 7.89. The number of aryl methyl sites for hydroxylation is 1. The van der Waals surface area contributed by atoms with E-state index in [0.717, 1.165) is 16.7 Å². The number of nitrogens with zero attached hydrogens (tertiary/aromatic N) is 1. The monoisotopic (exact) mass is 516 g/mol. The van der Waals surface area contributed by atoms with Crippen LogP contribution in [-0.2, 0) is 25.8 Å². The highest BCUT2D eigenvalue weighted by Crippen LogP contribution is 2.36. The number of rotatable bonds is 11. The van der Waals surface area contributed by atoms with Gasteiger partial charge in [-0.25, -0.2) is 0 Å². The number of nitrogens with one attached hydrogen (secondary N) is 1. The Balaban J connectivity index is 2.25. The summed E-state index contributed by atoms with van der Waals surface area (Å²) in [5, 5.41) is 4.37. The zero-order valence-electron chi connectivity index (χ0n) is 22.3. The molecule has 0 heterocycles. The number of hydrogen-bond acceptors (Lipinski definition) is 5. The number of benzene rings is 2. The van der Waals surface area contributed by atoms with Gasteiger partial charge in [0.1, 0.15) is 0 Å². The second-order valence-corrected chi connectivity index (χ2v) is 16.9. The third kappa shape index (κ3) is 9.03. The Bertz CT molecular complexity index is 1120. The SMILES string of the molecule is C/C(=C\C(=N/NS(=O)(=O)c1ccc(C)cc1)[C@H](C)OCc1ccccc1)CO[Si](C)(C)C(C)(C)C. The predicted molar refractivity (Wildman–Crippen MR) is 147 cm³/mol. The van der Waals surface area contributed by atoms with Gasteiger partial charge in [-0.1, -0.05) is 68.8 Å². The van der Waals surface area contributed by atoms with Gasteiger partial charge in [0.05, 0.1) is 29.9 Å². The van der Waals surface area contributed by atoms with Gasteiger partial charge in [0.2, 0.25) is 0 Å². The highest BCUT2D eigenvalue weighted by atomic mass is 32.2. The minimum atomic E-state index is -3.81. The first-order valence-electron chi connectivity index (χ1n) is 11.8. The molecule has 0 aliphatic carbocycles. The summed E-state index contributed by atoms with van der Waals surface area (Å²) in [5.41, 5.74) is 3.43. The predicted octanol–water partition coefficient (Wildman–Crippen LogP) is 6.20. The summed E-state index contributed by atoms with van der Waals surface area (Å²) < 4.78 is 38.0. The maximum Gasteiger partial charge on any atom is 0.276 e. The lowest BCUT2D eigenvalue weighted by atomic mass is 10.1. The largest absolute Gasteiger partial charge is 0.413 e. The van der Waals surface area contributed by atoms with Crippen molar-refractivity contribution in [2.45, 2.75) is 77.3 Å². The standard InChI is InChI=1S/C27H40N2O4SSi/c1-21-14-16-25(17-15-21)34(30,31)29-28-26(23(3)32-20-24-12-10-9-11-13-24)18-22(2)19-33-35(7,8)27(4,5)6/h9-18,23,29H,19-20H2,1-8H3/b22-18+,28-26+/t23-/m0/s1. The van der Waals surface area contributed by atoms with Gasteiger partial charge in [0, 0.05) is 0 Å². The number of hydrazone groups is 1. The second-order valence-electron chi connectivity index (χ2n) is 10.4. The van der Waals surface area contributed by atoms with E-state index in [1.165, 1.54) is 0 Å². The van der Waals surface area contributed by atoms with Crippen LogP contribution in [0.5, 0.6) is 0 Å². The van der Waals surface area contributed by atoms with Gasteiger partial charge < -0.3 is 9.16 Å². The minimum absolute atomic E-state index is 0.0972. The summed E-state index contributed by atoms with van der Waals surface area (Å²) >= 11 is 0. The van der Waals surface area contributed by atoms with Crippen LogP contribution in [0.2, 0.25) is 18.1 Å². The molecule has 35 heavy (non-hydrogen) atoms. The summed E-state index contributed by atoms with van der Waals surface area (Å²) in [6, 6.07) is 16.5. The molecular formula is C27H40N2O4SSi. The first-order valence-corrected chi connectivity index (χ1v) is 16.2. The van der Waals surface area contributed by atoms with E-state index in [-0.39, 0.29) is 9.93 Å². The number of sulfonamides is 1. The Labute approximate surface area is 212 Å². The van der Waals surface area contributed by atoms with Crippen molar-refractivity contribution < 1.29 is 17.6 Å². The molecule has 8 heteroatoms. The average Bonchev–Trinajstić information content (AvgIpc) is 2.79. The van der Waals surface area contributed by atoms with Crippen LogP contribution in [0.15, 0.2) is 76.2 Å². The van der Waals surface area contributed by atoms with Crippen molar-refractivity contribution in [1.82, 2.24) is 4.83 Å². The van der Waals surface area contributed by atoms with E-state index in [9.17, 15) is 8.42 Å². The van der Waals surface area contributed by atoms with Gasteiger partial charge >= 0.3 is 0 Å². The summed E-state index contributed by atoms with van der Waals surface area (Å²) in [6.07, 6.45) is 1.40. The van der Waals surface area contributed by atoms with Gasteiger partial charge in [0.25, 0.3) is 10.0 Å². The Hall–Kier alpha value is -2.26. The zero-order chi connectivity index (χ0) is 26.3. The quantitative estimate of drug-likeness (QED) is 0.219. The Morgan fingerprint density at radius 3 is 2.26 bits per heavy atom. The summed E-state index contributed by atoms with van der Waals surface area (Å²) in [4.78, 5) is 2.54. The lowest BCUT2D eigenvalue weighted by molar-refractivity contribution is 0.0964. The molecule has 2 aromatic carbocycles. The van der Waals surface area contributed by atoms with Gasteiger partial charge in [-0.05, 0) is 68.2 Å². The van der Waals surface area contributed by atoms with Gasteiger partial charge in [-0.2, -0.15) is 18.4 Å². The minimum Gasteiger partial charge on any atom is -0.413 e. The molecule has 0 saturated heterocycles. The highest BCUT2D eigenvalue weighted by Gasteiger charge is 2.37. The van der Waals surface area contributed by atoms with Crippen molar-refractivity contribution in [2.24, 2.45) is 5.10 Å². The van der Waals surface area contributed by atoms with E-state index < -0.39 is 24.4 Å². The van der Waals surface area contributed by atoms with Gasteiger partial charge in [-0.15, -0.1) is 0 Å². The Morgan fingerprint density at radius 1 is 1.09 bits per heavy atom. The molecule has 0 bridgehead atoms. The molecule has 1 N–H and O–H groups in total. The molecular weight excluding hydrogens is 476 g/mol. The van der Waals surface area contributed by atoms with Crippen LogP contribution < -0.4 is 4.83 Å². The fourth-order valence-corrected chi connectivity index (χ4v) is 4.66. The molecule has 0 saturated carbocycles. The van der Waals surface area contributed by atoms with Crippen LogP contribution in [0, 0.1) is 6.92 Å². The van der Waals surface area contributed by atoms with Gasteiger partial charge in [0.15, 0.2) is 8.32 Å². The molecule has 0 fully saturated rings. The van der Waals surface area contributed by atoms with Crippen molar-refractivity contribution in [1.29, 1.82) is 0 Å². The molecule has 0 amide bonds. The van der Waals surface area contributed by atoms with E-state index in [2.05, 4.69) is 43.8 Å². The molecule has 0 radical (unpaired) electrons. The fraction of sp³-hybridized carbons (Fsp3) is 0.444. The molecule has 2 rings (SSSR count). The van der Waals surface area contributed by atoms with Crippen LogP contribution in [0.1, 0.15) is 45.7 Å². The molecule has 192 valence electrons. The van der Waals surface area contributed by atoms with E-state index >= 15 is 0 Å². The van der Waals surface area contributed by atoms with Crippen LogP contribution in [-0.4, -0.2) is 35.2 Å². The van der Waals surface area contributed by atoms with Crippen molar-refractivity contribution >= 4 is 24.1 Å². The Kier molecular flexibility index (Phi) is 10.0. The van der Waals surface area contributed by atoms with Crippen molar-refractivity contribution in [3.05, 3.63) is 77.4 Å². The summed E-state index contributed by atoms with van der Waals surface area (Å²) in [6.45, 7) is 17.6. The fourth-order valence-electron chi connectivity index (χ4n) is 2.81. The van der Waals surface area contributed by atoms with E-state index in [1.54, 1.807) is 24.3 Å². The molecule has 6 nitrogen and oxygen atoms in total. The molecule has 0 aliphatic heterocycles. The van der Waals surface area contributed by atoms with Crippen LogP contribution in [0.3, 0.4) is 0 Å². The van der Waals surface area contributed by atoms with E-state index in [0.29, 0.717) is 18.9 Å². The van der Waals surface area contributed by atoms with Crippen LogP contribution in [0.25, 0.3) is 0 Å². The maximum absolute atomic E-state index is 12.8. The molecule has 0 aromatic heterocycles. The van der Waals surface area contributed by atoms with Crippen LogP contribution in [0.4, 0.5) is 0 Å². The Morgan fingerprint density at radius 2 is 1.69 bits per heavy atom. The van der Waals surface area contributed by atoms with Gasteiger partial charge in [-0.3, -0.25) is 0 Å².